The Kier molecular flexibility index (Phi) is 2.47. The third-order valence-electron chi connectivity index (χ3n) is 2.25. The van der Waals surface area contributed by atoms with Crippen LogP contribution in [0.5, 0.6) is 0 Å². The van der Waals surface area contributed by atoms with Gasteiger partial charge in [-0.3, -0.25) is 0 Å². The van der Waals surface area contributed by atoms with Crippen LogP contribution < -0.4 is 0 Å². The van der Waals surface area contributed by atoms with E-state index in [1.165, 1.54) is 0 Å². The molecule has 1 fully saturated rings. The summed E-state index contributed by atoms with van der Waals surface area (Å²) in [6.07, 6.45) is 1.93. The topological polar surface area (TPSA) is 40.5 Å². The van der Waals surface area contributed by atoms with Crippen LogP contribution in [0.15, 0.2) is 24.8 Å². The lowest BCUT2D eigenvalue weighted by Gasteiger charge is -2.12. The molecule has 0 unspecified atom stereocenters. The molecule has 0 aromatic rings. The van der Waals surface area contributed by atoms with Gasteiger partial charge < -0.3 is 10.2 Å². The molecule has 2 heteroatoms. The van der Waals surface area contributed by atoms with Gasteiger partial charge in [0.2, 0.25) is 0 Å². The summed E-state index contributed by atoms with van der Waals surface area (Å²) in [5, 5.41) is 18.7. The molecule has 2 nitrogen and oxygen atoms in total. The molecule has 0 radical (unpaired) electrons. The van der Waals surface area contributed by atoms with Gasteiger partial charge in [0.05, 0.1) is 12.2 Å². The summed E-state index contributed by atoms with van der Waals surface area (Å²) in [5.74, 6) is 0.0162. The number of rotatable bonds is 2. The van der Waals surface area contributed by atoms with Gasteiger partial charge in [-0.1, -0.05) is 12.7 Å². The van der Waals surface area contributed by atoms with Crippen molar-refractivity contribution in [3.05, 3.63) is 24.8 Å². The van der Waals surface area contributed by atoms with Gasteiger partial charge in [-0.25, -0.2) is 0 Å². The van der Waals surface area contributed by atoms with Crippen LogP contribution in [-0.4, -0.2) is 22.4 Å². The summed E-state index contributed by atoms with van der Waals surface area (Å²) in [7, 11) is 0. The standard InChI is InChI=1S/C9H14O2/c1-3-4-7-6(2)8(10)5-9(7)11/h3,7-11H,1-2,4-5H2/t7-,8-,9+/m0/s1. The first-order valence-corrected chi connectivity index (χ1v) is 3.82. The summed E-state index contributed by atoms with van der Waals surface area (Å²) in [5.41, 5.74) is 0.748. The molecule has 0 heterocycles. The molecule has 1 saturated carbocycles. The molecule has 0 bridgehead atoms. The van der Waals surface area contributed by atoms with Crippen LogP contribution in [0.2, 0.25) is 0 Å². The highest BCUT2D eigenvalue weighted by atomic mass is 16.3. The highest BCUT2D eigenvalue weighted by Gasteiger charge is 2.34. The van der Waals surface area contributed by atoms with Gasteiger partial charge in [0.1, 0.15) is 0 Å². The van der Waals surface area contributed by atoms with E-state index in [0.717, 1.165) is 5.57 Å². The monoisotopic (exact) mass is 154 g/mol. The third kappa shape index (κ3) is 1.52. The number of aliphatic hydroxyl groups excluding tert-OH is 2. The largest absolute Gasteiger partial charge is 0.392 e. The van der Waals surface area contributed by atoms with E-state index in [9.17, 15) is 10.2 Å². The van der Waals surface area contributed by atoms with Crippen molar-refractivity contribution in [2.45, 2.75) is 25.0 Å². The fraction of sp³-hybridized carbons (Fsp3) is 0.556. The van der Waals surface area contributed by atoms with E-state index in [2.05, 4.69) is 13.2 Å². The molecule has 0 spiro atoms. The summed E-state index contributed by atoms with van der Waals surface area (Å²) in [4.78, 5) is 0. The Bertz CT molecular complexity index is 174. The zero-order chi connectivity index (χ0) is 8.43. The maximum atomic E-state index is 9.39. The second-order valence-corrected chi connectivity index (χ2v) is 3.02. The fourth-order valence-electron chi connectivity index (χ4n) is 1.53. The molecule has 0 aromatic carbocycles. The van der Waals surface area contributed by atoms with Gasteiger partial charge in [-0.05, 0) is 12.0 Å². The molecule has 0 aromatic heterocycles. The Labute approximate surface area is 66.9 Å². The fourth-order valence-corrected chi connectivity index (χ4v) is 1.53. The quantitative estimate of drug-likeness (QED) is 0.579. The molecule has 62 valence electrons. The summed E-state index contributed by atoms with van der Waals surface area (Å²) < 4.78 is 0. The van der Waals surface area contributed by atoms with Crippen molar-refractivity contribution in [1.82, 2.24) is 0 Å². The van der Waals surface area contributed by atoms with Crippen LogP contribution in [0.3, 0.4) is 0 Å². The first-order chi connectivity index (χ1) is 5.16. The van der Waals surface area contributed by atoms with Crippen molar-refractivity contribution in [3.8, 4) is 0 Å². The van der Waals surface area contributed by atoms with Gasteiger partial charge in [0.25, 0.3) is 0 Å². The van der Waals surface area contributed by atoms with Crippen molar-refractivity contribution < 1.29 is 10.2 Å². The maximum Gasteiger partial charge on any atom is 0.0776 e. The predicted octanol–water partition coefficient (Wildman–Crippen LogP) is 0.860. The molecular formula is C9H14O2. The molecule has 1 aliphatic carbocycles. The van der Waals surface area contributed by atoms with Crippen LogP contribution in [0.25, 0.3) is 0 Å². The Morgan fingerprint density at radius 1 is 1.55 bits per heavy atom. The number of allylic oxidation sites excluding steroid dienone is 1. The van der Waals surface area contributed by atoms with Gasteiger partial charge >= 0.3 is 0 Å². The first kappa shape index (κ1) is 8.50. The lowest BCUT2D eigenvalue weighted by molar-refractivity contribution is 0.120. The number of hydrogen-bond donors (Lipinski definition) is 2. The molecule has 1 aliphatic rings. The van der Waals surface area contributed by atoms with Crippen LogP contribution in [-0.2, 0) is 0 Å². The minimum absolute atomic E-state index is 0.0162. The SMILES string of the molecule is C=CC[C@H]1C(=C)[C@@H](O)C[C@H]1O. The normalized spacial score (nSPS) is 37.6. The van der Waals surface area contributed by atoms with E-state index in [4.69, 9.17) is 0 Å². The lowest BCUT2D eigenvalue weighted by atomic mass is 9.98. The van der Waals surface area contributed by atoms with Crippen molar-refractivity contribution >= 4 is 0 Å². The van der Waals surface area contributed by atoms with Crippen molar-refractivity contribution in [2.24, 2.45) is 5.92 Å². The highest BCUT2D eigenvalue weighted by Crippen LogP contribution is 2.32. The van der Waals surface area contributed by atoms with E-state index in [1.807, 2.05) is 0 Å². The van der Waals surface area contributed by atoms with E-state index in [1.54, 1.807) is 6.08 Å². The van der Waals surface area contributed by atoms with Gasteiger partial charge in [0, 0.05) is 12.3 Å². The molecule has 11 heavy (non-hydrogen) atoms. The molecule has 3 atom stereocenters. The second kappa shape index (κ2) is 3.20. The Morgan fingerprint density at radius 3 is 2.55 bits per heavy atom. The molecule has 0 amide bonds. The molecule has 0 aliphatic heterocycles. The summed E-state index contributed by atoms with van der Waals surface area (Å²) in [6.45, 7) is 7.31. The Balaban J connectivity index is 2.63. The minimum atomic E-state index is -0.519. The lowest BCUT2D eigenvalue weighted by Crippen LogP contribution is -2.12. The van der Waals surface area contributed by atoms with Crippen LogP contribution in [0.1, 0.15) is 12.8 Å². The zero-order valence-corrected chi connectivity index (χ0v) is 6.53. The molecular weight excluding hydrogens is 140 g/mol. The zero-order valence-electron chi connectivity index (χ0n) is 6.53. The van der Waals surface area contributed by atoms with Crippen LogP contribution in [0.4, 0.5) is 0 Å². The maximum absolute atomic E-state index is 9.39. The van der Waals surface area contributed by atoms with E-state index in [-0.39, 0.29) is 5.92 Å². The number of hydrogen-bond acceptors (Lipinski definition) is 2. The van der Waals surface area contributed by atoms with Gasteiger partial charge in [-0.2, -0.15) is 0 Å². The second-order valence-electron chi connectivity index (χ2n) is 3.02. The average molecular weight is 154 g/mol. The molecule has 0 saturated heterocycles. The Hall–Kier alpha value is -0.600. The summed E-state index contributed by atoms with van der Waals surface area (Å²) >= 11 is 0. The predicted molar refractivity (Wildman–Crippen MR) is 44.1 cm³/mol. The first-order valence-electron chi connectivity index (χ1n) is 3.82. The number of aliphatic hydroxyl groups is 2. The molecule has 1 rings (SSSR count). The summed E-state index contributed by atoms with van der Waals surface area (Å²) in [6, 6.07) is 0. The van der Waals surface area contributed by atoms with Crippen LogP contribution >= 0.6 is 0 Å². The van der Waals surface area contributed by atoms with Crippen molar-refractivity contribution in [3.63, 3.8) is 0 Å². The van der Waals surface area contributed by atoms with E-state index in [0.29, 0.717) is 12.8 Å². The molecule has 2 N–H and O–H groups in total. The van der Waals surface area contributed by atoms with E-state index < -0.39 is 12.2 Å². The Morgan fingerprint density at radius 2 is 2.18 bits per heavy atom. The smallest absolute Gasteiger partial charge is 0.0776 e. The van der Waals surface area contributed by atoms with Crippen LogP contribution in [0, 0.1) is 5.92 Å². The van der Waals surface area contributed by atoms with Gasteiger partial charge in [-0.15, -0.1) is 6.58 Å². The third-order valence-corrected chi connectivity index (χ3v) is 2.25. The average Bonchev–Trinajstić information content (AvgIpc) is 2.17. The highest BCUT2D eigenvalue weighted by molar-refractivity contribution is 5.16. The van der Waals surface area contributed by atoms with Crippen molar-refractivity contribution in [1.29, 1.82) is 0 Å². The van der Waals surface area contributed by atoms with Crippen molar-refractivity contribution in [2.75, 3.05) is 0 Å². The van der Waals surface area contributed by atoms with E-state index >= 15 is 0 Å². The minimum Gasteiger partial charge on any atom is -0.392 e. The van der Waals surface area contributed by atoms with Gasteiger partial charge in [0.15, 0.2) is 0 Å².